The van der Waals surface area contributed by atoms with Gasteiger partial charge in [0, 0.05) is 17.3 Å². The predicted octanol–water partition coefficient (Wildman–Crippen LogP) is 5.16. The Bertz CT molecular complexity index is 1180. The minimum Gasteiger partial charge on any atom is -0.277 e. The van der Waals surface area contributed by atoms with E-state index in [2.05, 4.69) is 9.97 Å². The second-order valence-corrected chi connectivity index (χ2v) is 8.22. The number of carbonyl (C=O) groups is 1. The first-order valence-corrected chi connectivity index (χ1v) is 10.0. The summed E-state index contributed by atoms with van der Waals surface area (Å²) in [6, 6.07) is 13.5. The third-order valence-corrected chi connectivity index (χ3v) is 6.15. The van der Waals surface area contributed by atoms with Crippen molar-refractivity contribution in [2.24, 2.45) is 0 Å². The summed E-state index contributed by atoms with van der Waals surface area (Å²) in [5, 5.41) is 11.9. The van der Waals surface area contributed by atoms with Gasteiger partial charge in [-0.1, -0.05) is 40.3 Å². The Hall–Kier alpha value is -2.88. The highest BCUT2D eigenvalue weighted by atomic mass is 35.5. The van der Waals surface area contributed by atoms with Crippen LogP contribution in [0, 0.1) is 10.1 Å². The normalized spacial score (nSPS) is 10.9. The smallest absolute Gasteiger partial charge is 0.277 e. The summed E-state index contributed by atoms with van der Waals surface area (Å²) in [7, 11) is 0. The molecule has 4 rings (SSSR count). The first kappa shape index (κ1) is 18.5. The summed E-state index contributed by atoms with van der Waals surface area (Å²) in [5.74, 6) is -0.367. The lowest BCUT2D eigenvalue weighted by Gasteiger charge is -2.18. The third-order valence-electron chi connectivity index (χ3n) is 3.84. The Morgan fingerprint density at radius 1 is 1.18 bits per heavy atom. The van der Waals surface area contributed by atoms with Crippen LogP contribution in [0.5, 0.6) is 0 Å². The van der Waals surface area contributed by atoms with Gasteiger partial charge in [0.05, 0.1) is 32.3 Å². The maximum Gasteiger partial charge on any atom is 0.324 e. The monoisotopic (exact) mass is 430 g/mol. The molecule has 3 aromatic heterocycles. The second kappa shape index (κ2) is 7.63. The van der Waals surface area contributed by atoms with Crippen molar-refractivity contribution in [1.82, 2.24) is 9.97 Å². The average Bonchev–Trinajstić information content (AvgIpc) is 3.33. The molecule has 1 aromatic carbocycles. The van der Waals surface area contributed by atoms with Crippen LogP contribution in [0.15, 0.2) is 54.7 Å². The maximum absolute atomic E-state index is 13.2. The molecule has 0 saturated carbocycles. The molecule has 0 fully saturated rings. The number of halogens is 1. The van der Waals surface area contributed by atoms with Crippen LogP contribution in [0.4, 0.5) is 10.1 Å². The van der Waals surface area contributed by atoms with Gasteiger partial charge in [-0.05, 0) is 36.4 Å². The number of fused-ring (bicyclic) bond motifs is 1. The molecule has 0 unspecified atom stereocenters. The van der Waals surface area contributed by atoms with Gasteiger partial charge in [0.2, 0.25) is 0 Å². The molecule has 0 saturated heterocycles. The van der Waals surface area contributed by atoms with E-state index < -0.39 is 4.92 Å². The minimum absolute atomic E-state index is 0.0859. The van der Waals surface area contributed by atoms with Crippen LogP contribution in [-0.4, -0.2) is 20.8 Å². The highest BCUT2D eigenvalue weighted by molar-refractivity contribution is 7.22. The number of anilines is 1. The van der Waals surface area contributed by atoms with Crippen LogP contribution in [0.25, 0.3) is 10.2 Å². The summed E-state index contributed by atoms with van der Waals surface area (Å²) < 4.78 is 0.846. The van der Waals surface area contributed by atoms with Crippen LogP contribution in [0.1, 0.15) is 15.4 Å². The van der Waals surface area contributed by atoms with Gasteiger partial charge >= 0.3 is 5.00 Å². The molecule has 0 N–H and O–H groups in total. The molecule has 140 valence electrons. The zero-order valence-electron chi connectivity index (χ0n) is 14.1. The topological polar surface area (TPSA) is 89.2 Å². The van der Waals surface area contributed by atoms with E-state index in [4.69, 9.17) is 11.6 Å². The minimum atomic E-state index is -0.510. The molecule has 0 aliphatic rings. The highest BCUT2D eigenvalue weighted by Gasteiger charge is 2.25. The lowest BCUT2D eigenvalue weighted by molar-refractivity contribution is -0.380. The summed E-state index contributed by atoms with van der Waals surface area (Å²) in [5.41, 5.74) is 1.40. The highest BCUT2D eigenvalue weighted by Crippen LogP contribution is 2.33. The average molecular weight is 431 g/mol. The van der Waals surface area contributed by atoms with Gasteiger partial charge in [0.15, 0.2) is 5.13 Å². The van der Waals surface area contributed by atoms with Crippen LogP contribution < -0.4 is 4.90 Å². The number of benzene rings is 1. The fraction of sp³-hybridized carbons (Fsp3) is 0.0556. The largest absolute Gasteiger partial charge is 0.324 e. The van der Waals surface area contributed by atoms with Gasteiger partial charge in [-0.25, -0.2) is 4.98 Å². The van der Waals surface area contributed by atoms with E-state index in [1.54, 1.807) is 36.5 Å². The molecule has 7 nitrogen and oxygen atoms in total. The predicted molar refractivity (Wildman–Crippen MR) is 110 cm³/mol. The van der Waals surface area contributed by atoms with Crippen LogP contribution in [0.3, 0.4) is 0 Å². The fourth-order valence-electron chi connectivity index (χ4n) is 2.56. The van der Waals surface area contributed by atoms with Crippen molar-refractivity contribution >= 4 is 60.5 Å². The van der Waals surface area contributed by atoms with Gasteiger partial charge in [0.25, 0.3) is 5.91 Å². The lowest BCUT2D eigenvalue weighted by atomic mass is 10.3. The standard InChI is InChI=1S/C18H11ClN4O3S2/c19-11-4-5-13-15(9-11)28-18(21-13)22(10-12-3-1-2-8-20-12)17(24)14-6-7-16(27-14)23(25)26/h1-9H,10H2. The molecule has 4 aromatic rings. The van der Waals surface area contributed by atoms with E-state index in [0.29, 0.717) is 15.8 Å². The van der Waals surface area contributed by atoms with E-state index in [9.17, 15) is 14.9 Å². The van der Waals surface area contributed by atoms with Gasteiger partial charge in [-0.15, -0.1) is 0 Å². The van der Waals surface area contributed by atoms with E-state index in [1.165, 1.54) is 28.4 Å². The number of hydrogen-bond acceptors (Lipinski definition) is 7. The summed E-state index contributed by atoms with van der Waals surface area (Å²) in [4.78, 5) is 34.2. The molecule has 0 aliphatic carbocycles. The second-order valence-electron chi connectivity index (χ2n) is 5.72. The van der Waals surface area contributed by atoms with Crippen LogP contribution in [-0.2, 0) is 6.54 Å². The first-order valence-electron chi connectivity index (χ1n) is 8.03. The zero-order chi connectivity index (χ0) is 19.7. The molecule has 0 spiro atoms. The van der Waals surface area contributed by atoms with E-state index in [1.807, 2.05) is 6.07 Å². The fourth-order valence-corrected chi connectivity index (χ4v) is 4.56. The van der Waals surface area contributed by atoms with E-state index >= 15 is 0 Å². The van der Waals surface area contributed by atoms with Gasteiger partial charge in [-0.3, -0.25) is 24.8 Å². The molecule has 0 radical (unpaired) electrons. The number of thiophene rings is 1. The Labute approximate surface area is 172 Å². The number of carbonyl (C=O) groups excluding carboxylic acids is 1. The number of rotatable bonds is 5. The van der Waals surface area contributed by atoms with Gasteiger partial charge in [0.1, 0.15) is 0 Å². The third kappa shape index (κ3) is 3.72. The van der Waals surface area contributed by atoms with Crippen molar-refractivity contribution in [2.45, 2.75) is 6.54 Å². The van der Waals surface area contributed by atoms with E-state index in [0.717, 1.165) is 21.6 Å². The molecule has 10 heteroatoms. The Morgan fingerprint density at radius 3 is 2.75 bits per heavy atom. The molecular weight excluding hydrogens is 420 g/mol. The van der Waals surface area contributed by atoms with Crippen molar-refractivity contribution in [2.75, 3.05) is 4.90 Å². The lowest BCUT2D eigenvalue weighted by Crippen LogP contribution is -2.30. The van der Waals surface area contributed by atoms with Crippen molar-refractivity contribution in [1.29, 1.82) is 0 Å². The number of amides is 1. The Morgan fingerprint density at radius 2 is 2.04 bits per heavy atom. The first-order chi connectivity index (χ1) is 13.5. The van der Waals surface area contributed by atoms with Gasteiger partial charge < -0.3 is 0 Å². The van der Waals surface area contributed by atoms with Crippen molar-refractivity contribution < 1.29 is 9.72 Å². The SMILES string of the molecule is O=C(c1ccc([N+](=O)[O-])s1)N(Cc1ccccn1)c1nc2ccc(Cl)cc2s1. The van der Waals surface area contributed by atoms with Crippen molar-refractivity contribution in [3.8, 4) is 0 Å². The Kier molecular flexibility index (Phi) is 5.03. The van der Waals surface area contributed by atoms with Crippen LogP contribution in [0.2, 0.25) is 5.02 Å². The molecule has 28 heavy (non-hydrogen) atoms. The van der Waals surface area contributed by atoms with Gasteiger partial charge in [-0.2, -0.15) is 0 Å². The molecule has 1 amide bonds. The molecule has 3 heterocycles. The molecule has 0 atom stereocenters. The quantitative estimate of drug-likeness (QED) is 0.322. The number of nitrogens with zero attached hydrogens (tertiary/aromatic N) is 4. The molecular formula is C18H11ClN4O3S2. The number of thiazole rings is 1. The maximum atomic E-state index is 13.2. The number of hydrogen-bond donors (Lipinski definition) is 0. The van der Waals surface area contributed by atoms with E-state index in [-0.39, 0.29) is 22.3 Å². The molecule has 0 aliphatic heterocycles. The number of nitro groups is 1. The Balaban J connectivity index is 1.75. The summed E-state index contributed by atoms with van der Waals surface area (Å²) in [6.07, 6.45) is 1.64. The number of pyridine rings is 1. The van der Waals surface area contributed by atoms with Crippen molar-refractivity contribution in [3.63, 3.8) is 0 Å². The van der Waals surface area contributed by atoms with Crippen LogP contribution >= 0.6 is 34.3 Å². The molecule has 0 bridgehead atoms. The van der Waals surface area contributed by atoms with Crippen molar-refractivity contribution in [3.05, 3.63) is 80.4 Å². The zero-order valence-corrected chi connectivity index (χ0v) is 16.5. The summed E-state index contributed by atoms with van der Waals surface area (Å²) in [6.45, 7) is 0.193. The number of aromatic nitrogens is 2. The summed E-state index contributed by atoms with van der Waals surface area (Å²) >= 11 is 8.22.